The fourth-order valence-corrected chi connectivity index (χ4v) is 2.77. The second-order valence-corrected chi connectivity index (χ2v) is 5.98. The Bertz CT molecular complexity index is 433. The minimum atomic E-state index is -0.259. The summed E-state index contributed by atoms with van der Waals surface area (Å²) in [5, 5.41) is 0. The van der Waals surface area contributed by atoms with Crippen LogP contribution in [0.3, 0.4) is 0 Å². The second kappa shape index (κ2) is 5.91. The summed E-state index contributed by atoms with van der Waals surface area (Å²) in [5.41, 5.74) is 6.65. The Morgan fingerprint density at radius 3 is 2.63 bits per heavy atom. The third kappa shape index (κ3) is 3.47. The van der Waals surface area contributed by atoms with Gasteiger partial charge in [-0.15, -0.1) is 0 Å². The van der Waals surface area contributed by atoms with E-state index in [1.165, 1.54) is 18.6 Å². The molecule has 2 nitrogen and oxygen atoms in total. The van der Waals surface area contributed by atoms with Crippen LogP contribution in [0.1, 0.15) is 51.6 Å². The van der Waals surface area contributed by atoms with Gasteiger partial charge in [0.1, 0.15) is 11.6 Å². The largest absolute Gasteiger partial charge is 0.490 e. The Kier molecular flexibility index (Phi) is 4.46. The topological polar surface area (TPSA) is 35.2 Å². The Morgan fingerprint density at radius 2 is 2.00 bits per heavy atom. The van der Waals surface area contributed by atoms with E-state index in [1.54, 1.807) is 6.07 Å². The van der Waals surface area contributed by atoms with Crippen LogP contribution in [-0.4, -0.2) is 6.10 Å². The highest BCUT2D eigenvalue weighted by Gasteiger charge is 2.26. The molecular formula is C16H24FNO. The van der Waals surface area contributed by atoms with Crippen molar-refractivity contribution < 1.29 is 9.13 Å². The number of hydrogen-bond donors (Lipinski definition) is 1. The van der Waals surface area contributed by atoms with Gasteiger partial charge in [0.05, 0.1) is 6.10 Å². The van der Waals surface area contributed by atoms with Crippen LogP contribution in [0, 0.1) is 17.7 Å². The first-order valence-corrected chi connectivity index (χ1v) is 7.19. The summed E-state index contributed by atoms with van der Waals surface area (Å²) in [6.07, 6.45) is 3.56. The predicted octanol–water partition coefficient (Wildman–Crippen LogP) is 4.05. The van der Waals surface area contributed by atoms with Gasteiger partial charge < -0.3 is 10.5 Å². The molecule has 0 saturated heterocycles. The van der Waals surface area contributed by atoms with Crippen LogP contribution >= 0.6 is 0 Å². The van der Waals surface area contributed by atoms with Crippen molar-refractivity contribution in [3.8, 4) is 5.75 Å². The lowest BCUT2D eigenvalue weighted by atomic mass is 9.80. The van der Waals surface area contributed by atoms with Crippen molar-refractivity contribution in [1.82, 2.24) is 0 Å². The summed E-state index contributed by atoms with van der Waals surface area (Å²) in [6.45, 7) is 6.43. The van der Waals surface area contributed by atoms with Gasteiger partial charge in [0, 0.05) is 11.6 Å². The number of ether oxygens (including phenoxy) is 1. The van der Waals surface area contributed by atoms with E-state index >= 15 is 0 Å². The monoisotopic (exact) mass is 265 g/mol. The van der Waals surface area contributed by atoms with Gasteiger partial charge in [-0.25, -0.2) is 4.39 Å². The van der Waals surface area contributed by atoms with Crippen molar-refractivity contribution >= 4 is 0 Å². The van der Waals surface area contributed by atoms with Gasteiger partial charge in [-0.1, -0.05) is 13.8 Å². The number of nitrogens with two attached hydrogens (primary N) is 1. The zero-order valence-electron chi connectivity index (χ0n) is 12.0. The molecule has 1 aromatic rings. The number of hydrogen-bond acceptors (Lipinski definition) is 2. The molecule has 19 heavy (non-hydrogen) atoms. The van der Waals surface area contributed by atoms with Gasteiger partial charge in [0.15, 0.2) is 0 Å². The van der Waals surface area contributed by atoms with Gasteiger partial charge in [-0.05, 0) is 56.2 Å². The highest BCUT2D eigenvalue weighted by Crippen LogP contribution is 2.33. The molecule has 0 aliphatic heterocycles. The maximum Gasteiger partial charge on any atom is 0.124 e. The average molecular weight is 265 g/mol. The van der Waals surface area contributed by atoms with E-state index < -0.39 is 0 Å². The Labute approximate surface area is 115 Å². The van der Waals surface area contributed by atoms with Crippen LogP contribution in [0.4, 0.5) is 4.39 Å². The van der Waals surface area contributed by atoms with E-state index in [-0.39, 0.29) is 18.0 Å². The van der Waals surface area contributed by atoms with E-state index in [2.05, 4.69) is 13.8 Å². The molecule has 2 N–H and O–H groups in total. The van der Waals surface area contributed by atoms with Crippen molar-refractivity contribution in [2.45, 2.75) is 52.2 Å². The van der Waals surface area contributed by atoms with E-state index in [0.29, 0.717) is 5.92 Å². The molecule has 3 unspecified atom stereocenters. The highest BCUT2D eigenvalue weighted by atomic mass is 19.1. The van der Waals surface area contributed by atoms with Crippen molar-refractivity contribution in [3.63, 3.8) is 0 Å². The molecule has 1 aliphatic carbocycles. The molecule has 1 fully saturated rings. The van der Waals surface area contributed by atoms with E-state index in [9.17, 15) is 4.39 Å². The normalized spacial score (nSPS) is 29.0. The summed E-state index contributed by atoms with van der Waals surface area (Å²) in [6, 6.07) is 4.41. The van der Waals surface area contributed by atoms with Crippen LogP contribution in [0.25, 0.3) is 0 Å². The summed E-state index contributed by atoms with van der Waals surface area (Å²) >= 11 is 0. The Balaban J connectivity index is 2.11. The third-order valence-corrected chi connectivity index (χ3v) is 4.31. The molecule has 4 atom stereocenters. The lowest BCUT2D eigenvalue weighted by Crippen LogP contribution is -2.29. The average Bonchev–Trinajstić information content (AvgIpc) is 2.36. The van der Waals surface area contributed by atoms with Gasteiger partial charge in [-0.2, -0.15) is 0 Å². The van der Waals surface area contributed by atoms with Crippen molar-refractivity contribution in [2.24, 2.45) is 17.6 Å². The van der Waals surface area contributed by atoms with Crippen LogP contribution < -0.4 is 10.5 Å². The van der Waals surface area contributed by atoms with Crippen LogP contribution in [0.15, 0.2) is 18.2 Å². The fraction of sp³-hybridized carbons (Fsp3) is 0.625. The first-order chi connectivity index (χ1) is 8.97. The summed E-state index contributed by atoms with van der Waals surface area (Å²) in [4.78, 5) is 0. The molecule has 1 saturated carbocycles. The van der Waals surface area contributed by atoms with Gasteiger partial charge in [0.2, 0.25) is 0 Å². The number of halogens is 1. The molecule has 1 aliphatic rings. The molecule has 0 spiro atoms. The van der Waals surface area contributed by atoms with Crippen LogP contribution in [0.2, 0.25) is 0 Å². The van der Waals surface area contributed by atoms with Crippen LogP contribution in [-0.2, 0) is 0 Å². The van der Waals surface area contributed by atoms with Crippen molar-refractivity contribution in [1.29, 1.82) is 0 Å². The fourth-order valence-electron chi connectivity index (χ4n) is 2.77. The van der Waals surface area contributed by atoms with E-state index in [0.717, 1.165) is 30.1 Å². The van der Waals surface area contributed by atoms with Gasteiger partial charge >= 0.3 is 0 Å². The summed E-state index contributed by atoms with van der Waals surface area (Å²) in [7, 11) is 0. The van der Waals surface area contributed by atoms with Crippen molar-refractivity contribution in [3.05, 3.63) is 29.6 Å². The first-order valence-electron chi connectivity index (χ1n) is 7.19. The molecule has 0 heterocycles. The molecule has 0 aromatic heterocycles. The molecule has 1 aromatic carbocycles. The lowest BCUT2D eigenvalue weighted by Gasteiger charge is -2.33. The lowest BCUT2D eigenvalue weighted by molar-refractivity contribution is 0.0993. The second-order valence-electron chi connectivity index (χ2n) is 5.98. The van der Waals surface area contributed by atoms with Gasteiger partial charge in [0.25, 0.3) is 0 Å². The molecule has 2 rings (SSSR count). The zero-order valence-corrected chi connectivity index (χ0v) is 12.0. The number of rotatable bonds is 3. The van der Waals surface area contributed by atoms with E-state index in [1.807, 2.05) is 6.92 Å². The van der Waals surface area contributed by atoms with E-state index in [4.69, 9.17) is 10.5 Å². The maximum absolute atomic E-state index is 13.3. The maximum atomic E-state index is 13.3. The molecule has 106 valence electrons. The molecule has 3 heteroatoms. The minimum Gasteiger partial charge on any atom is -0.490 e. The highest BCUT2D eigenvalue weighted by molar-refractivity contribution is 5.36. The Morgan fingerprint density at radius 1 is 1.26 bits per heavy atom. The van der Waals surface area contributed by atoms with Gasteiger partial charge in [-0.3, -0.25) is 0 Å². The van der Waals surface area contributed by atoms with Crippen LogP contribution in [0.5, 0.6) is 5.75 Å². The SMILES string of the molecule is CC1CCC(Oc2ccc(F)cc2[C@H](C)N)CC1C. The molecule has 0 bridgehead atoms. The third-order valence-electron chi connectivity index (χ3n) is 4.31. The van der Waals surface area contributed by atoms with Crippen molar-refractivity contribution in [2.75, 3.05) is 0 Å². The molecule has 0 amide bonds. The minimum absolute atomic E-state index is 0.217. The predicted molar refractivity (Wildman–Crippen MR) is 75.6 cm³/mol. The molecular weight excluding hydrogens is 241 g/mol. The summed E-state index contributed by atoms with van der Waals surface area (Å²) in [5.74, 6) is 1.92. The number of benzene rings is 1. The first kappa shape index (κ1) is 14.3. The smallest absolute Gasteiger partial charge is 0.124 e. The Hall–Kier alpha value is -1.09. The molecule has 0 radical (unpaired) electrons. The quantitative estimate of drug-likeness (QED) is 0.895. The zero-order chi connectivity index (χ0) is 14.0. The standard InChI is InChI=1S/C16H24FNO/c1-10-4-6-14(8-11(10)2)19-16-7-5-13(17)9-15(16)12(3)18/h5,7,9-12,14H,4,6,8,18H2,1-3H3/t10?,11?,12-,14?/m0/s1. The summed E-state index contributed by atoms with van der Waals surface area (Å²) < 4.78 is 19.4.